The number of nitrogens with zero attached hydrogens (tertiary/aromatic N) is 2. The Kier molecular flexibility index (Phi) is 10.0. The van der Waals surface area contributed by atoms with E-state index in [4.69, 9.17) is 23.2 Å². The molecule has 2 aliphatic carbocycles. The number of nitrogens with one attached hydrogen (secondary N) is 1. The van der Waals surface area contributed by atoms with E-state index in [0.29, 0.717) is 34.9 Å². The Morgan fingerprint density at radius 3 is 2.12 bits per heavy atom. The maximum Gasteiger partial charge on any atom is 0.243 e. The van der Waals surface area contributed by atoms with Gasteiger partial charge in [-0.2, -0.15) is 0 Å². The van der Waals surface area contributed by atoms with E-state index in [9.17, 15) is 19.2 Å². The predicted octanol–water partition coefficient (Wildman–Crippen LogP) is 5.72. The maximum absolute atomic E-state index is 14.1. The molecule has 5 rings (SSSR count). The van der Waals surface area contributed by atoms with E-state index in [2.05, 4.69) is 5.32 Å². The van der Waals surface area contributed by atoms with Crippen LogP contribution in [-0.4, -0.2) is 52.1 Å². The van der Waals surface area contributed by atoms with Crippen molar-refractivity contribution < 1.29 is 19.2 Å². The summed E-state index contributed by atoms with van der Waals surface area (Å²) in [6, 6.07) is 13.9. The Labute approximate surface area is 257 Å². The average Bonchev–Trinajstić information content (AvgIpc) is 3.24. The third-order valence-corrected chi connectivity index (χ3v) is 9.47. The first-order valence-electron chi connectivity index (χ1n) is 14.9. The average molecular weight is 611 g/mol. The van der Waals surface area contributed by atoms with E-state index in [1.54, 1.807) is 18.2 Å². The lowest BCUT2D eigenvalue weighted by atomic mass is 9.85. The fourth-order valence-corrected chi connectivity index (χ4v) is 6.91. The van der Waals surface area contributed by atoms with Gasteiger partial charge in [-0.1, -0.05) is 91.0 Å². The summed E-state index contributed by atoms with van der Waals surface area (Å²) in [5, 5.41) is 4.00. The Morgan fingerprint density at radius 2 is 1.50 bits per heavy atom. The second-order valence-corrected chi connectivity index (χ2v) is 12.3. The number of carbonyl (C=O) groups excluding carboxylic acids is 4. The molecule has 7 nitrogen and oxygen atoms in total. The molecule has 2 fully saturated rings. The monoisotopic (exact) mass is 609 g/mol. The topological polar surface area (TPSA) is 86.8 Å². The first-order chi connectivity index (χ1) is 20.3. The standard InChI is InChI=1S/C33H37Cl2N3O4/c34-27-16-9-17-28(35)26(27)21-38(30(39)18-19-37-32(41)24-14-7-8-15-25(24)33(37)42)29(20-22-10-3-1-4-11-22)31(40)36-23-12-5-2-6-13-23/h1,3-4,7-11,16-17,23-25,29H,2,5-6,12-15,18-21H2,(H,36,40)/t24-,25+,29?. The number of likely N-dealkylation sites (tertiary alicyclic amines) is 1. The van der Waals surface area contributed by atoms with Gasteiger partial charge in [-0.3, -0.25) is 24.1 Å². The first-order valence-corrected chi connectivity index (χ1v) is 15.7. The SMILES string of the molecule is O=C(NC1CCCCC1)C(Cc1ccccc1)N(Cc1c(Cl)cccc1Cl)C(=O)CCN1C(=O)[C@H]2CC=CC[C@H]2C1=O. The summed E-state index contributed by atoms with van der Waals surface area (Å²) in [5.74, 6) is -1.74. The van der Waals surface area contributed by atoms with Crippen molar-refractivity contribution in [2.24, 2.45) is 11.8 Å². The minimum Gasteiger partial charge on any atom is -0.352 e. The fourth-order valence-electron chi connectivity index (χ4n) is 6.39. The highest BCUT2D eigenvalue weighted by Crippen LogP contribution is 2.35. The van der Waals surface area contributed by atoms with E-state index >= 15 is 0 Å². The van der Waals surface area contributed by atoms with Crippen LogP contribution in [0.15, 0.2) is 60.7 Å². The van der Waals surface area contributed by atoms with Crippen molar-refractivity contribution in [3.63, 3.8) is 0 Å². The van der Waals surface area contributed by atoms with Crippen LogP contribution in [0.1, 0.15) is 62.5 Å². The van der Waals surface area contributed by atoms with Crippen LogP contribution < -0.4 is 5.32 Å². The van der Waals surface area contributed by atoms with Crippen LogP contribution in [0.5, 0.6) is 0 Å². The van der Waals surface area contributed by atoms with E-state index in [0.717, 1.165) is 37.7 Å². The van der Waals surface area contributed by atoms with Gasteiger partial charge in [-0.25, -0.2) is 0 Å². The highest BCUT2D eigenvalue weighted by Gasteiger charge is 2.47. The van der Waals surface area contributed by atoms with Crippen LogP contribution in [0.3, 0.4) is 0 Å². The molecule has 1 saturated carbocycles. The molecule has 1 heterocycles. The number of hydrogen-bond donors (Lipinski definition) is 1. The number of benzene rings is 2. The summed E-state index contributed by atoms with van der Waals surface area (Å²) in [6.45, 7) is -0.0114. The van der Waals surface area contributed by atoms with Crippen LogP contribution in [0.2, 0.25) is 10.0 Å². The summed E-state index contributed by atoms with van der Waals surface area (Å²) in [5.41, 5.74) is 1.45. The highest BCUT2D eigenvalue weighted by molar-refractivity contribution is 6.36. The molecule has 2 aromatic carbocycles. The van der Waals surface area contributed by atoms with Crippen molar-refractivity contribution in [1.82, 2.24) is 15.1 Å². The molecule has 1 aliphatic heterocycles. The Bertz CT molecular complexity index is 1300. The van der Waals surface area contributed by atoms with Crippen LogP contribution in [0, 0.1) is 11.8 Å². The number of carbonyl (C=O) groups is 4. The second-order valence-electron chi connectivity index (χ2n) is 11.5. The molecule has 3 aliphatic rings. The number of fused-ring (bicyclic) bond motifs is 1. The highest BCUT2D eigenvalue weighted by atomic mass is 35.5. The molecular weight excluding hydrogens is 573 g/mol. The van der Waals surface area contributed by atoms with Crippen LogP contribution in [0.4, 0.5) is 0 Å². The molecule has 222 valence electrons. The lowest BCUT2D eigenvalue weighted by Gasteiger charge is -2.34. The zero-order valence-electron chi connectivity index (χ0n) is 23.6. The summed E-state index contributed by atoms with van der Waals surface area (Å²) < 4.78 is 0. The zero-order chi connectivity index (χ0) is 29.6. The van der Waals surface area contributed by atoms with Crippen molar-refractivity contribution in [2.75, 3.05) is 6.54 Å². The predicted molar refractivity (Wildman–Crippen MR) is 163 cm³/mol. The summed E-state index contributed by atoms with van der Waals surface area (Å²) in [7, 11) is 0. The number of imide groups is 1. The molecule has 0 bridgehead atoms. The van der Waals surface area contributed by atoms with Gasteiger partial charge in [-0.15, -0.1) is 0 Å². The van der Waals surface area contributed by atoms with Gasteiger partial charge in [0, 0.05) is 47.6 Å². The van der Waals surface area contributed by atoms with E-state index in [1.165, 1.54) is 9.80 Å². The van der Waals surface area contributed by atoms with Crippen molar-refractivity contribution in [1.29, 1.82) is 0 Å². The van der Waals surface area contributed by atoms with Gasteiger partial charge < -0.3 is 10.2 Å². The molecule has 9 heteroatoms. The molecule has 4 amide bonds. The molecule has 42 heavy (non-hydrogen) atoms. The lowest BCUT2D eigenvalue weighted by molar-refractivity contribution is -0.144. The number of amides is 4. The van der Waals surface area contributed by atoms with Gasteiger partial charge in [0.15, 0.2) is 0 Å². The molecule has 1 N–H and O–H groups in total. The van der Waals surface area contributed by atoms with E-state index < -0.39 is 6.04 Å². The number of halogens is 2. The van der Waals surface area contributed by atoms with Gasteiger partial charge in [-0.05, 0) is 43.4 Å². The molecule has 1 unspecified atom stereocenters. The van der Waals surface area contributed by atoms with Gasteiger partial charge in [0.05, 0.1) is 11.8 Å². The molecule has 1 saturated heterocycles. The molecular formula is C33H37Cl2N3O4. The minimum atomic E-state index is -0.842. The molecule has 0 spiro atoms. The Hall–Kier alpha value is -3.16. The summed E-state index contributed by atoms with van der Waals surface area (Å²) in [6.07, 6.45) is 10.2. The van der Waals surface area contributed by atoms with Crippen molar-refractivity contribution in [2.45, 2.75) is 76.4 Å². The molecule has 0 aromatic heterocycles. The zero-order valence-corrected chi connectivity index (χ0v) is 25.2. The van der Waals surface area contributed by atoms with Crippen molar-refractivity contribution >= 4 is 46.8 Å². The quantitative estimate of drug-likeness (QED) is 0.275. The van der Waals surface area contributed by atoms with Crippen LogP contribution >= 0.6 is 23.2 Å². The maximum atomic E-state index is 14.1. The lowest BCUT2D eigenvalue weighted by Crippen LogP contribution is -2.53. The number of hydrogen-bond acceptors (Lipinski definition) is 4. The van der Waals surface area contributed by atoms with E-state index in [-0.39, 0.29) is 61.0 Å². The van der Waals surface area contributed by atoms with Gasteiger partial charge in [0.25, 0.3) is 0 Å². The van der Waals surface area contributed by atoms with Crippen molar-refractivity contribution in [3.05, 3.63) is 81.9 Å². The van der Waals surface area contributed by atoms with Crippen LogP contribution in [-0.2, 0) is 32.1 Å². The molecule has 3 atom stereocenters. The normalized spacial score (nSPS) is 21.2. The van der Waals surface area contributed by atoms with E-state index in [1.807, 2.05) is 42.5 Å². The minimum absolute atomic E-state index is 0.0178. The number of allylic oxidation sites excluding steroid dienone is 2. The third-order valence-electron chi connectivity index (χ3n) is 8.76. The Balaban J connectivity index is 1.42. The summed E-state index contributed by atoms with van der Waals surface area (Å²) in [4.78, 5) is 56.9. The van der Waals surface area contributed by atoms with Gasteiger partial charge in [0.2, 0.25) is 23.6 Å². The fraction of sp³-hybridized carbons (Fsp3) is 0.455. The van der Waals surface area contributed by atoms with Crippen molar-refractivity contribution in [3.8, 4) is 0 Å². The second kappa shape index (κ2) is 13.9. The summed E-state index contributed by atoms with van der Waals surface area (Å²) >= 11 is 13.1. The smallest absolute Gasteiger partial charge is 0.243 e. The van der Waals surface area contributed by atoms with Crippen LogP contribution in [0.25, 0.3) is 0 Å². The first kappa shape index (κ1) is 30.3. The van der Waals surface area contributed by atoms with Gasteiger partial charge in [0.1, 0.15) is 6.04 Å². The molecule has 0 radical (unpaired) electrons. The largest absolute Gasteiger partial charge is 0.352 e. The van der Waals surface area contributed by atoms with Gasteiger partial charge >= 0.3 is 0 Å². The Morgan fingerprint density at radius 1 is 0.881 bits per heavy atom. The molecule has 2 aromatic rings. The number of rotatable bonds is 10. The third kappa shape index (κ3) is 6.90.